The quantitative estimate of drug-likeness (QED) is 0.701. The summed E-state index contributed by atoms with van der Waals surface area (Å²) in [5.74, 6) is 0.381. The van der Waals surface area contributed by atoms with Gasteiger partial charge < -0.3 is 15.5 Å². The number of hydrogen-bond acceptors (Lipinski definition) is 4. The monoisotopic (exact) mass is 429 g/mol. The molecule has 1 aliphatic heterocycles. The van der Waals surface area contributed by atoms with E-state index in [1.54, 1.807) is 12.4 Å². The first-order valence-electron chi connectivity index (χ1n) is 8.78. The Labute approximate surface area is 171 Å². The Morgan fingerprint density at radius 3 is 2.75 bits per heavy atom. The molecule has 1 saturated heterocycles. The topological polar surface area (TPSA) is 53.1 Å². The van der Waals surface area contributed by atoms with Gasteiger partial charge in [0.25, 0.3) is 0 Å². The minimum atomic E-state index is -4.46. The van der Waals surface area contributed by atoms with Crippen molar-refractivity contribution in [1.29, 1.82) is 0 Å². The van der Waals surface area contributed by atoms with Crippen molar-refractivity contribution in [3.63, 3.8) is 0 Å². The van der Waals surface area contributed by atoms with E-state index < -0.39 is 11.7 Å². The number of alkyl halides is 3. The highest BCUT2D eigenvalue weighted by Crippen LogP contribution is 2.34. The van der Waals surface area contributed by atoms with Crippen molar-refractivity contribution in [3.8, 4) is 0 Å². The van der Waals surface area contributed by atoms with Crippen LogP contribution >= 0.6 is 23.8 Å². The molecule has 1 fully saturated rings. The predicted molar refractivity (Wildman–Crippen MR) is 108 cm³/mol. The van der Waals surface area contributed by atoms with E-state index >= 15 is 0 Å². The number of aromatic nitrogens is 2. The van der Waals surface area contributed by atoms with Crippen LogP contribution in [0.25, 0.3) is 0 Å². The molecule has 5 nitrogen and oxygen atoms in total. The predicted octanol–water partition coefficient (Wildman–Crippen LogP) is 4.49. The number of rotatable bonds is 3. The van der Waals surface area contributed by atoms with Crippen LogP contribution in [0.15, 0.2) is 36.8 Å². The van der Waals surface area contributed by atoms with E-state index in [4.69, 9.17) is 23.8 Å². The molecular formula is C18H19ClF3N5S. The van der Waals surface area contributed by atoms with E-state index in [-0.39, 0.29) is 11.1 Å². The fourth-order valence-corrected chi connectivity index (χ4v) is 3.63. The molecule has 0 radical (unpaired) electrons. The summed E-state index contributed by atoms with van der Waals surface area (Å²) in [4.78, 5) is 9.90. The summed E-state index contributed by atoms with van der Waals surface area (Å²) in [5.41, 5.74) is -0.0431. The highest BCUT2D eigenvalue weighted by Gasteiger charge is 2.32. The molecule has 2 N–H and O–H groups in total. The molecular weight excluding hydrogens is 411 g/mol. The number of pyridine rings is 2. The minimum absolute atomic E-state index is 0.00926. The molecule has 0 bridgehead atoms. The van der Waals surface area contributed by atoms with Crippen molar-refractivity contribution in [2.24, 2.45) is 0 Å². The fraction of sp³-hybridized carbons (Fsp3) is 0.389. The largest absolute Gasteiger partial charge is 0.417 e. The first kappa shape index (κ1) is 20.6. The lowest BCUT2D eigenvalue weighted by atomic mass is 10.1. The lowest BCUT2D eigenvalue weighted by Crippen LogP contribution is -2.38. The maximum Gasteiger partial charge on any atom is 0.417 e. The van der Waals surface area contributed by atoms with Crippen LogP contribution in [0.5, 0.6) is 0 Å². The molecule has 1 aliphatic rings. The summed E-state index contributed by atoms with van der Waals surface area (Å²) in [6.45, 7) is 1.28. The van der Waals surface area contributed by atoms with Crippen LogP contribution in [0.4, 0.5) is 24.7 Å². The van der Waals surface area contributed by atoms with E-state index in [0.29, 0.717) is 24.0 Å². The molecule has 2 aromatic rings. The summed E-state index contributed by atoms with van der Waals surface area (Å²) >= 11 is 11.4. The molecule has 28 heavy (non-hydrogen) atoms. The second-order valence-corrected chi connectivity index (χ2v) is 7.30. The molecule has 1 atom stereocenters. The zero-order chi connectivity index (χ0) is 20.1. The van der Waals surface area contributed by atoms with Crippen molar-refractivity contribution in [2.75, 3.05) is 23.3 Å². The molecule has 0 aliphatic carbocycles. The van der Waals surface area contributed by atoms with Gasteiger partial charge >= 0.3 is 6.18 Å². The third-order valence-corrected chi connectivity index (χ3v) is 4.93. The van der Waals surface area contributed by atoms with Gasteiger partial charge in [-0.05, 0) is 49.7 Å². The van der Waals surface area contributed by atoms with Crippen LogP contribution in [-0.4, -0.2) is 34.2 Å². The van der Waals surface area contributed by atoms with Crippen molar-refractivity contribution >= 4 is 40.4 Å². The summed E-state index contributed by atoms with van der Waals surface area (Å²) in [6, 6.07) is 4.76. The number of halogens is 4. The van der Waals surface area contributed by atoms with E-state index in [1.165, 1.54) is 0 Å². The molecule has 0 aromatic carbocycles. The van der Waals surface area contributed by atoms with Gasteiger partial charge in [0.2, 0.25) is 0 Å². The number of nitrogens with zero attached hydrogens (tertiary/aromatic N) is 3. The van der Waals surface area contributed by atoms with Gasteiger partial charge in [0, 0.05) is 31.5 Å². The van der Waals surface area contributed by atoms with Crippen molar-refractivity contribution < 1.29 is 13.2 Å². The second kappa shape index (κ2) is 8.91. The summed E-state index contributed by atoms with van der Waals surface area (Å²) in [5, 5.41) is 6.89. The normalized spacial score (nSPS) is 17.7. The smallest absolute Gasteiger partial charge is 0.360 e. The summed E-state index contributed by atoms with van der Waals surface area (Å²) < 4.78 is 38.4. The first-order chi connectivity index (χ1) is 13.3. The zero-order valence-electron chi connectivity index (χ0n) is 14.8. The summed E-state index contributed by atoms with van der Waals surface area (Å²) in [6.07, 6.45) is 2.21. The lowest BCUT2D eigenvalue weighted by molar-refractivity contribution is -0.137. The SMILES string of the molecule is FC(F)(F)c1cnc(N2CCCC(NC(=S)Nc3cccnc3)CC2)c(Cl)c1. The van der Waals surface area contributed by atoms with Crippen LogP contribution in [0.3, 0.4) is 0 Å². The Morgan fingerprint density at radius 1 is 1.25 bits per heavy atom. The fourth-order valence-electron chi connectivity index (χ4n) is 3.06. The Bertz CT molecular complexity index is 819. The number of anilines is 2. The van der Waals surface area contributed by atoms with Crippen LogP contribution in [0.2, 0.25) is 5.02 Å². The summed E-state index contributed by atoms with van der Waals surface area (Å²) in [7, 11) is 0. The van der Waals surface area contributed by atoms with Gasteiger partial charge in [0.1, 0.15) is 5.82 Å². The van der Waals surface area contributed by atoms with Crippen molar-refractivity contribution in [2.45, 2.75) is 31.5 Å². The zero-order valence-corrected chi connectivity index (χ0v) is 16.4. The molecule has 150 valence electrons. The van der Waals surface area contributed by atoms with Crippen LogP contribution in [-0.2, 0) is 6.18 Å². The van der Waals surface area contributed by atoms with Crippen LogP contribution < -0.4 is 15.5 Å². The molecule has 10 heteroatoms. The van der Waals surface area contributed by atoms with Gasteiger partial charge in [-0.3, -0.25) is 4.98 Å². The van der Waals surface area contributed by atoms with Crippen LogP contribution in [0.1, 0.15) is 24.8 Å². The molecule has 1 unspecified atom stereocenters. The third kappa shape index (κ3) is 5.45. The molecule has 0 spiro atoms. The van der Waals surface area contributed by atoms with Gasteiger partial charge in [-0.15, -0.1) is 0 Å². The molecule has 3 rings (SSSR count). The molecule has 3 heterocycles. The Hall–Kier alpha value is -2.13. The lowest BCUT2D eigenvalue weighted by Gasteiger charge is -2.23. The van der Waals surface area contributed by atoms with E-state index in [9.17, 15) is 13.2 Å². The van der Waals surface area contributed by atoms with Gasteiger partial charge in [0.05, 0.1) is 22.5 Å². The number of hydrogen-bond donors (Lipinski definition) is 2. The van der Waals surface area contributed by atoms with Crippen molar-refractivity contribution in [1.82, 2.24) is 15.3 Å². The average Bonchev–Trinajstić information content (AvgIpc) is 2.87. The molecule has 2 aromatic heterocycles. The first-order valence-corrected chi connectivity index (χ1v) is 9.57. The maximum absolute atomic E-state index is 12.8. The van der Waals surface area contributed by atoms with Gasteiger partial charge in [-0.25, -0.2) is 4.98 Å². The average molecular weight is 430 g/mol. The van der Waals surface area contributed by atoms with Gasteiger partial charge in [0.15, 0.2) is 5.11 Å². The standard InChI is InChI=1S/C18H19ClF3N5S/c19-15-9-12(18(20,21)22)10-24-16(15)27-7-2-4-13(5-8-27)25-17(28)26-14-3-1-6-23-11-14/h1,3,6,9-11,13H,2,4-5,7-8H2,(H2,25,26,28). The Balaban J connectivity index is 1.58. The van der Waals surface area contributed by atoms with Crippen LogP contribution in [0, 0.1) is 0 Å². The molecule has 0 amide bonds. The third-order valence-electron chi connectivity index (χ3n) is 4.43. The Kier molecular flexibility index (Phi) is 6.56. The van der Waals surface area contributed by atoms with E-state index in [2.05, 4.69) is 20.6 Å². The minimum Gasteiger partial charge on any atom is -0.360 e. The van der Waals surface area contributed by atoms with E-state index in [0.717, 1.165) is 37.2 Å². The molecule has 0 saturated carbocycles. The van der Waals surface area contributed by atoms with Crippen molar-refractivity contribution in [3.05, 3.63) is 47.4 Å². The number of nitrogens with one attached hydrogen (secondary N) is 2. The highest BCUT2D eigenvalue weighted by molar-refractivity contribution is 7.80. The highest BCUT2D eigenvalue weighted by atomic mass is 35.5. The van der Waals surface area contributed by atoms with E-state index in [1.807, 2.05) is 17.0 Å². The number of thiocarbonyl (C=S) groups is 1. The van der Waals surface area contributed by atoms with Gasteiger partial charge in [-0.1, -0.05) is 11.6 Å². The Morgan fingerprint density at radius 2 is 2.07 bits per heavy atom. The second-order valence-electron chi connectivity index (χ2n) is 6.48. The maximum atomic E-state index is 12.8. The van der Waals surface area contributed by atoms with Gasteiger partial charge in [-0.2, -0.15) is 13.2 Å².